The molecule has 20 N–H and O–H groups in total. The van der Waals surface area contributed by atoms with Gasteiger partial charge in [0.2, 0.25) is 47.3 Å². The van der Waals surface area contributed by atoms with Gasteiger partial charge < -0.3 is 86.2 Å². The Morgan fingerprint density at radius 1 is 0.611 bits per heavy atom. The Morgan fingerprint density at radius 2 is 1.16 bits per heavy atom. The highest BCUT2D eigenvalue weighted by Crippen LogP contribution is 2.30. The van der Waals surface area contributed by atoms with Crippen LogP contribution in [0.4, 0.5) is 0 Å². The van der Waals surface area contributed by atoms with E-state index in [0.29, 0.717) is 5.56 Å². The molecule has 8 amide bonds. The summed E-state index contributed by atoms with van der Waals surface area (Å²) in [5, 5.41) is 42.8. The van der Waals surface area contributed by atoms with Crippen molar-refractivity contribution in [1.29, 1.82) is 0 Å². The van der Waals surface area contributed by atoms with Crippen molar-refractivity contribution in [2.24, 2.45) is 58.3 Å². The Hall–Kier alpha value is -7.60. The molecule has 2 heterocycles. The van der Waals surface area contributed by atoms with Crippen LogP contribution in [0.25, 0.3) is 0 Å². The summed E-state index contributed by atoms with van der Waals surface area (Å²) in [5.41, 5.74) is 31.0. The largest absolute Gasteiger partial charge is 0.464 e. The van der Waals surface area contributed by atoms with E-state index in [-0.39, 0.29) is 109 Å². The number of carbonyl (C=O) groups is 12. The Labute approximate surface area is 524 Å². The van der Waals surface area contributed by atoms with Crippen LogP contribution >= 0.6 is 0 Å². The topological polar surface area (TPSA) is 481 Å². The monoisotopic (exact) mass is 1260 g/mol. The molecule has 14 atom stereocenters. The Balaban J connectivity index is 1.69. The number of aliphatic hydroxyl groups is 2. The lowest BCUT2D eigenvalue weighted by Gasteiger charge is -2.29. The van der Waals surface area contributed by atoms with Gasteiger partial charge in [-0.1, -0.05) is 74.5 Å². The van der Waals surface area contributed by atoms with Gasteiger partial charge in [0.05, 0.1) is 42.9 Å². The molecule has 28 heteroatoms. The molecule has 2 aliphatic heterocycles. The third-order valence-corrected chi connectivity index (χ3v) is 16.0. The van der Waals surface area contributed by atoms with Crippen molar-refractivity contribution in [2.75, 3.05) is 45.9 Å². The minimum Gasteiger partial charge on any atom is -0.464 e. The maximum Gasteiger partial charge on any atom is 0.318 e. The summed E-state index contributed by atoms with van der Waals surface area (Å²) < 4.78 is 5.36. The van der Waals surface area contributed by atoms with Crippen LogP contribution in [-0.2, 0) is 68.7 Å². The molecule has 4 rings (SSSR count). The van der Waals surface area contributed by atoms with Crippen molar-refractivity contribution in [3.05, 3.63) is 71.8 Å². The lowest BCUT2D eigenvalue weighted by Crippen LogP contribution is -2.59. The first kappa shape index (κ1) is 74.9. The van der Waals surface area contributed by atoms with E-state index in [4.69, 9.17) is 33.4 Å². The molecule has 2 fully saturated rings. The fraction of sp³-hybridized carbons (Fsp3) is 0.613. The smallest absolute Gasteiger partial charge is 0.318 e. The molecule has 4 unspecified atom stereocenters. The van der Waals surface area contributed by atoms with Gasteiger partial charge in [0.15, 0.2) is 17.3 Å². The van der Waals surface area contributed by atoms with Crippen LogP contribution in [0.2, 0.25) is 0 Å². The summed E-state index contributed by atoms with van der Waals surface area (Å²) in [5.74, 6) is -15.8. The van der Waals surface area contributed by atoms with Crippen LogP contribution < -0.4 is 71.2 Å². The minimum atomic E-state index is -1.65. The van der Waals surface area contributed by atoms with E-state index in [1.807, 2.05) is 30.3 Å². The first-order valence-corrected chi connectivity index (χ1v) is 31.0. The van der Waals surface area contributed by atoms with Gasteiger partial charge in [-0.3, -0.25) is 57.5 Å². The first-order valence-electron chi connectivity index (χ1n) is 31.0. The fourth-order valence-corrected chi connectivity index (χ4v) is 10.8. The summed E-state index contributed by atoms with van der Waals surface area (Å²) in [4.78, 5) is 169. The van der Waals surface area contributed by atoms with Crippen molar-refractivity contribution >= 4 is 70.6 Å². The van der Waals surface area contributed by atoms with Gasteiger partial charge >= 0.3 is 5.97 Å². The van der Waals surface area contributed by atoms with Crippen LogP contribution in [0, 0.1) is 29.6 Å². The number of Topliss-reactive ketones (excluding diaryl/α,β-unsaturated/α-hetero) is 3. The zero-order valence-corrected chi connectivity index (χ0v) is 52.0. The summed E-state index contributed by atoms with van der Waals surface area (Å²) in [6, 6.07) is 7.88. The summed E-state index contributed by atoms with van der Waals surface area (Å²) in [6.45, 7) is 5.03. The maximum atomic E-state index is 14.7. The molecule has 0 saturated carbocycles. The van der Waals surface area contributed by atoms with Gasteiger partial charge in [0, 0.05) is 50.0 Å². The van der Waals surface area contributed by atoms with Gasteiger partial charge in [-0.25, -0.2) is 0 Å². The number of cyclic esters (lactones) is 1. The van der Waals surface area contributed by atoms with E-state index in [1.54, 1.807) is 44.2 Å². The molecular weight excluding hydrogens is 1170 g/mol. The molecule has 90 heavy (non-hydrogen) atoms. The number of benzene rings is 2. The predicted octanol–water partition coefficient (Wildman–Crippen LogP) is -3.23. The van der Waals surface area contributed by atoms with E-state index in [1.165, 1.54) is 13.8 Å². The van der Waals surface area contributed by atoms with Gasteiger partial charge in [-0.15, -0.1) is 0 Å². The number of ketones is 3. The number of esters is 1. The molecule has 0 radical (unpaired) electrons. The highest BCUT2D eigenvalue weighted by Gasteiger charge is 2.41. The number of aliphatic hydroxyl groups excluding tert-OH is 2. The maximum absolute atomic E-state index is 14.7. The van der Waals surface area contributed by atoms with Crippen LogP contribution in [0.1, 0.15) is 115 Å². The lowest BCUT2D eigenvalue weighted by molar-refractivity contribution is -0.158. The number of hydrogen-bond acceptors (Lipinski definition) is 20. The van der Waals surface area contributed by atoms with E-state index in [0.717, 1.165) is 5.56 Å². The molecule has 2 aromatic rings. The summed E-state index contributed by atoms with van der Waals surface area (Å²) in [7, 11) is 0. The Morgan fingerprint density at radius 3 is 1.74 bits per heavy atom. The third-order valence-electron chi connectivity index (χ3n) is 16.0. The van der Waals surface area contributed by atoms with Crippen molar-refractivity contribution < 1.29 is 72.5 Å². The standard InChI is InChI=1S/C62H95N13O15/c1-34(2)27-48-59(86)71-45(17-23-65)50(78)30-39(15-21-63)55(82)75-53(36(4)77)61(88)68-26-20-40(54(81)72-47(19-25-67)58(85)74-49(60(87)73-48)28-37-11-7-5-8-12-37)31-51(79)44(16-22-64)69-56(83)42(35(3)76)32-52(80)46(18-24-66)70-57(84)43-29-41(33-90-62(43)89)38-13-9-6-10-14-38/h5-14,34-36,39-49,53,76-77H,15-33,63-67H2,1-4H3,(H,68,88)(H,69,83)(H,70,84)(H,71,86)(H,72,81)(H,73,87)(H,74,85)(H,75,82)/t35?,36?,39-,40-,41?,42+,43?,44+,45+,46+,47+,48+,49-,53+/m1/s1. The third kappa shape index (κ3) is 23.6. The van der Waals surface area contributed by atoms with Crippen LogP contribution in [0.5, 0.6) is 0 Å². The molecule has 0 bridgehead atoms. The van der Waals surface area contributed by atoms with Crippen molar-refractivity contribution in [3.8, 4) is 0 Å². The first-order chi connectivity index (χ1) is 42.8. The normalized spacial score (nSPS) is 24.6. The quantitative estimate of drug-likeness (QED) is 0.0309. The van der Waals surface area contributed by atoms with Gasteiger partial charge in [0.1, 0.15) is 30.1 Å². The molecule has 2 aromatic carbocycles. The number of nitrogens with two attached hydrogens (primary N) is 5. The SMILES string of the molecule is CC(C)C[C@@H]1NC(=O)[C@@H](Cc2ccccc2)NC(=O)[C@H](CCN)NC(=O)[C@@H](CC(=O)[C@H](CCN)NC(=O)[C@@H](CC(=O)[C@H](CCN)NC(=O)C2CC(c3ccccc3)COC2=O)C(C)O)CCNC(=O)[C@H](C(C)O)NC(=O)[C@H](CCN)CC(=O)[C@H](CCN)NC1=O. The second-order valence-corrected chi connectivity index (χ2v) is 23.7. The molecule has 28 nitrogen and oxygen atoms in total. The van der Waals surface area contributed by atoms with E-state index >= 15 is 0 Å². The van der Waals surface area contributed by atoms with E-state index in [2.05, 4.69) is 42.5 Å². The van der Waals surface area contributed by atoms with E-state index in [9.17, 15) is 67.7 Å². The number of ether oxygens (including phenoxy) is 1. The highest BCUT2D eigenvalue weighted by atomic mass is 16.5. The molecule has 0 aliphatic carbocycles. The van der Waals surface area contributed by atoms with Crippen LogP contribution in [0.15, 0.2) is 60.7 Å². The number of carbonyl (C=O) groups excluding carboxylic acids is 12. The van der Waals surface area contributed by atoms with Crippen LogP contribution in [-0.4, -0.2) is 181 Å². The molecule has 0 aromatic heterocycles. The average molecular weight is 1260 g/mol. The average Bonchev–Trinajstić information content (AvgIpc) is 3.12. The molecule has 0 spiro atoms. The Bertz CT molecular complexity index is 2740. The van der Waals surface area contributed by atoms with Gasteiger partial charge in [-0.05, 0) is 115 Å². The summed E-state index contributed by atoms with van der Waals surface area (Å²) >= 11 is 0. The highest BCUT2D eigenvalue weighted by molar-refractivity contribution is 6.02. The number of nitrogens with one attached hydrogen (secondary N) is 8. The minimum absolute atomic E-state index is 0.0484. The molecule has 498 valence electrons. The lowest BCUT2D eigenvalue weighted by atomic mass is 9.86. The molecular formula is C62H95N13O15. The van der Waals surface area contributed by atoms with E-state index < -0.39 is 175 Å². The summed E-state index contributed by atoms with van der Waals surface area (Å²) in [6.07, 6.45) is -5.94. The number of amides is 8. The van der Waals surface area contributed by atoms with Crippen molar-refractivity contribution in [1.82, 2.24) is 42.5 Å². The zero-order chi connectivity index (χ0) is 66.6. The van der Waals surface area contributed by atoms with Crippen molar-refractivity contribution in [3.63, 3.8) is 0 Å². The number of hydrogen-bond donors (Lipinski definition) is 15. The van der Waals surface area contributed by atoms with Gasteiger partial charge in [0.25, 0.3) is 0 Å². The second kappa shape index (κ2) is 38.2. The zero-order valence-electron chi connectivity index (χ0n) is 52.0. The van der Waals surface area contributed by atoms with Crippen LogP contribution in [0.3, 0.4) is 0 Å². The molecule has 2 aliphatic rings. The predicted molar refractivity (Wildman–Crippen MR) is 330 cm³/mol. The van der Waals surface area contributed by atoms with Gasteiger partial charge in [-0.2, -0.15) is 0 Å². The van der Waals surface area contributed by atoms with Crippen molar-refractivity contribution in [2.45, 2.75) is 165 Å². The number of rotatable bonds is 27. The molecule has 2 saturated heterocycles. The second-order valence-electron chi connectivity index (χ2n) is 23.7. The Kier molecular flexibility index (Phi) is 31.8. The fourth-order valence-electron chi connectivity index (χ4n) is 10.8.